The van der Waals surface area contributed by atoms with Crippen molar-refractivity contribution in [2.75, 3.05) is 11.9 Å². The number of hydrogen-bond donors (Lipinski definition) is 1. The molecule has 0 aliphatic carbocycles. The molecule has 1 aromatic carbocycles. The highest BCUT2D eigenvalue weighted by Crippen LogP contribution is 2.33. The highest BCUT2D eigenvalue weighted by atomic mass is 32.1. The van der Waals surface area contributed by atoms with E-state index in [1.54, 1.807) is 0 Å². The average molecular weight is 316 g/mol. The van der Waals surface area contributed by atoms with Gasteiger partial charge >= 0.3 is 0 Å². The lowest BCUT2D eigenvalue weighted by Gasteiger charge is -2.36. The summed E-state index contributed by atoms with van der Waals surface area (Å²) in [6, 6.07) is 8.88. The molecule has 0 spiro atoms. The molecule has 0 radical (unpaired) electrons. The van der Waals surface area contributed by atoms with Crippen LogP contribution in [0.15, 0.2) is 29.6 Å². The summed E-state index contributed by atoms with van der Waals surface area (Å²) in [5.74, 6) is 0. The molecule has 0 amide bonds. The first kappa shape index (κ1) is 14.5. The van der Waals surface area contributed by atoms with Gasteiger partial charge in [-0.3, -0.25) is 0 Å². The average Bonchev–Trinajstić information content (AvgIpc) is 2.93. The molecule has 1 N–H and O–H groups in total. The third-order valence-electron chi connectivity index (χ3n) is 4.38. The first-order valence-corrected chi connectivity index (χ1v) is 8.57. The minimum Gasteiger partial charge on any atom is -0.342 e. The molecule has 21 heavy (non-hydrogen) atoms. The fourth-order valence-electron chi connectivity index (χ4n) is 2.86. The zero-order valence-electron chi connectivity index (χ0n) is 12.6. The summed E-state index contributed by atoms with van der Waals surface area (Å²) < 4.78 is 0. The molecule has 1 aliphatic heterocycles. The van der Waals surface area contributed by atoms with Crippen LogP contribution in [0, 0.1) is 13.8 Å². The van der Waals surface area contributed by atoms with Gasteiger partial charge in [-0.25, -0.2) is 0 Å². The van der Waals surface area contributed by atoms with Crippen LogP contribution < -0.4 is 5.32 Å². The number of aryl methyl sites for hydroxylation is 1. The minimum atomic E-state index is 0.352. The Kier molecular flexibility index (Phi) is 4.00. The number of anilines is 1. The number of fused-ring (bicyclic) bond motifs is 1. The van der Waals surface area contributed by atoms with Gasteiger partial charge in [0.2, 0.25) is 0 Å². The van der Waals surface area contributed by atoms with E-state index >= 15 is 0 Å². The lowest BCUT2D eigenvalue weighted by atomic mass is 10.0. The zero-order chi connectivity index (χ0) is 15.0. The summed E-state index contributed by atoms with van der Waals surface area (Å²) in [5, 5.41) is 6.45. The Morgan fingerprint density at radius 3 is 2.95 bits per heavy atom. The third kappa shape index (κ3) is 2.70. The van der Waals surface area contributed by atoms with Crippen molar-refractivity contribution in [1.29, 1.82) is 0 Å². The van der Waals surface area contributed by atoms with E-state index in [2.05, 4.69) is 60.6 Å². The number of thiocarbonyl (C=S) groups is 1. The van der Waals surface area contributed by atoms with Crippen LogP contribution in [0.5, 0.6) is 0 Å². The van der Waals surface area contributed by atoms with Crippen LogP contribution in [0.3, 0.4) is 0 Å². The maximum absolute atomic E-state index is 5.66. The molecule has 0 unspecified atom stereocenters. The summed E-state index contributed by atoms with van der Waals surface area (Å²) >= 11 is 7.52. The molecule has 1 aliphatic rings. The fraction of sp³-hybridized carbons (Fsp3) is 0.353. The summed E-state index contributed by atoms with van der Waals surface area (Å²) in [7, 11) is 0. The topological polar surface area (TPSA) is 15.3 Å². The zero-order valence-corrected chi connectivity index (χ0v) is 14.3. The van der Waals surface area contributed by atoms with E-state index in [0.29, 0.717) is 6.04 Å². The quantitative estimate of drug-likeness (QED) is 0.769. The van der Waals surface area contributed by atoms with Gasteiger partial charge in [0.15, 0.2) is 5.11 Å². The number of nitrogens with one attached hydrogen (secondary N) is 1. The second-order valence-corrected chi connectivity index (χ2v) is 6.98. The van der Waals surface area contributed by atoms with Gasteiger partial charge in [-0.1, -0.05) is 12.1 Å². The molecule has 2 nitrogen and oxygen atoms in total. The molecule has 0 fully saturated rings. The Bertz CT molecular complexity index is 675. The SMILES string of the molecule is Cc1cccc(NC(=S)N2CCc3sccc3[C@@H]2C)c1C. The molecular weight excluding hydrogens is 296 g/mol. The number of nitrogens with zero attached hydrogens (tertiary/aromatic N) is 1. The van der Waals surface area contributed by atoms with E-state index in [1.807, 2.05) is 11.3 Å². The van der Waals surface area contributed by atoms with Crippen molar-refractivity contribution in [2.45, 2.75) is 33.2 Å². The van der Waals surface area contributed by atoms with Gasteiger partial charge in [0.1, 0.15) is 0 Å². The van der Waals surface area contributed by atoms with Crippen molar-refractivity contribution in [3.8, 4) is 0 Å². The second-order valence-electron chi connectivity index (χ2n) is 5.60. The molecule has 3 rings (SSSR count). The summed E-state index contributed by atoms with van der Waals surface area (Å²) in [6.07, 6.45) is 1.09. The van der Waals surface area contributed by atoms with Crippen molar-refractivity contribution in [2.24, 2.45) is 0 Å². The van der Waals surface area contributed by atoms with E-state index in [1.165, 1.54) is 21.6 Å². The highest BCUT2D eigenvalue weighted by molar-refractivity contribution is 7.80. The van der Waals surface area contributed by atoms with Crippen molar-refractivity contribution in [3.63, 3.8) is 0 Å². The predicted molar refractivity (Wildman–Crippen MR) is 95.3 cm³/mol. The normalized spacial score (nSPS) is 17.5. The van der Waals surface area contributed by atoms with E-state index in [0.717, 1.165) is 23.8 Å². The molecule has 2 aromatic rings. The Labute approximate surface area is 135 Å². The molecule has 0 saturated heterocycles. The van der Waals surface area contributed by atoms with Crippen molar-refractivity contribution in [1.82, 2.24) is 4.90 Å². The first-order chi connectivity index (χ1) is 10.1. The van der Waals surface area contributed by atoms with Gasteiger partial charge in [0, 0.05) is 17.1 Å². The van der Waals surface area contributed by atoms with Crippen LogP contribution >= 0.6 is 23.6 Å². The molecule has 110 valence electrons. The van der Waals surface area contributed by atoms with Crippen molar-refractivity contribution in [3.05, 3.63) is 51.2 Å². The van der Waals surface area contributed by atoms with Crippen LogP contribution in [-0.4, -0.2) is 16.6 Å². The summed E-state index contributed by atoms with van der Waals surface area (Å²) in [4.78, 5) is 3.81. The minimum absolute atomic E-state index is 0.352. The number of hydrogen-bond acceptors (Lipinski definition) is 2. The number of benzene rings is 1. The van der Waals surface area contributed by atoms with E-state index < -0.39 is 0 Å². The van der Waals surface area contributed by atoms with E-state index in [4.69, 9.17) is 12.2 Å². The van der Waals surface area contributed by atoms with Crippen LogP contribution in [0.4, 0.5) is 5.69 Å². The van der Waals surface area contributed by atoms with Crippen molar-refractivity contribution < 1.29 is 0 Å². The smallest absolute Gasteiger partial charge is 0.173 e. The predicted octanol–water partition coefficient (Wildman–Crippen LogP) is 4.68. The van der Waals surface area contributed by atoms with Gasteiger partial charge in [-0.2, -0.15) is 0 Å². The Morgan fingerprint density at radius 2 is 2.14 bits per heavy atom. The molecule has 1 aromatic heterocycles. The van der Waals surface area contributed by atoms with Crippen LogP contribution in [0.2, 0.25) is 0 Å². The van der Waals surface area contributed by atoms with Gasteiger partial charge in [-0.15, -0.1) is 11.3 Å². The van der Waals surface area contributed by atoms with E-state index in [-0.39, 0.29) is 0 Å². The van der Waals surface area contributed by atoms with Gasteiger partial charge in [0.25, 0.3) is 0 Å². The second kappa shape index (κ2) is 5.78. The van der Waals surface area contributed by atoms with Crippen LogP contribution in [-0.2, 0) is 6.42 Å². The standard InChI is InChI=1S/C17H20N2S2/c1-11-5-4-6-15(12(11)2)18-17(20)19-9-7-16-14(13(19)3)8-10-21-16/h4-6,8,10,13H,7,9H2,1-3H3,(H,18,20)/t13-/m0/s1. The molecule has 4 heteroatoms. The number of thiophene rings is 1. The Hall–Kier alpha value is -1.39. The molecule has 0 bridgehead atoms. The van der Waals surface area contributed by atoms with Gasteiger partial charge < -0.3 is 10.2 Å². The first-order valence-electron chi connectivity index (χ1n) is 7.28. The maximum atomic E-state index is 5.66. The molecule has 0 saturated carbocycles. The highest BCUT2D eigenvalue weighted by Gasteiger charge is 2.26. The number of rotatable bonds is 1. The Balaban J connectivity index is 1.79. The van der Waals surface area contributed by atoms with Crippen LogP contribution in [0.1, 0.15) is 34.5 Å². The summed E-state index contributed by atoms with van der Waals surface area (Å²) in [6.45, 7) is 7.49. The maximum Gasteiger partial charge on any atom is 0.173 e. The lowest BCUT2D eigenvalue weighted by molar-refractivity contribution is 0.326. The van der Waals surface area contributed by atoms with Gasteiger partial charge in [-0.05, 0) is 73.6 Å². The van der Waals surface area contributed by atoms with Gasteiger partial charge in [0.05, 0.1) is 6.04 Å². The molecule has 1 atom stereocenters. The van der Waals surface area contributed by atoms with E-state index in [9.17, 15) is 0 Å². The molecular formula is C17H20N2S2. The summed E-state index contributed by atoms with van der Waals surface area (Å²) in [5.41, 5.74) is 5.09. The third-order valence-corrected chi connectivity index (χ3v) is 5.72. The fourth-order valence-corrected chi connectivity index (χ4v) is 4.18. The lowest BCUT2D eigenvalue weighted by Crippen LogP contribution is -2.40. The van der Waals surface area contributed by atoms with Crippen LogP contribution in [0.25, 0.3) is 0 Å². The largest absolute Gasteiger partial charge is 0.342 e. The molecule has 2 heterocycles. The van der Waals surface area contributed by atoms with Crippen molar-refractivity contribution >= 4 is 34.4 Å². The monoisotopic (exact) mass is 316 g/mol. The Morgan fingerprint density at radius 1 is 1.33 bits per heavy atom.